The van der Waals surface area contributed by atoms with E-state index in [-0.39, 0.29) is 0 Å². The summed E-state index contributed by atoms with van der Waals surface area (Å²) in [5.74, 6) is 0. The molecule has 8 aromatic carbocycles. The van der Waals surface area contributed by atoms with Crippen molar-refractivity contribution in [3.63, 3.8) is 0 Å². The van der Waals surface area contributed by atoms with Crippen molar-refractivity contribution in [1.29, 1.82) is 0 Å². The average Bonchev–Trinajstić information content (AvgIpc) is 3.70. The van der Waals surface area contributed by atoms with Crippen molar-refractivity contribution >= 4 is 82.5 Å². The topological polar surface area (TPSA) is 29.5 Å². The van der Waals surface area contributed by atoms with Crippen molar-refractivity contribution in [2.24, 2.45) is 0 Å². The van der Waals surface area contributed by atoms with Gasteiger partial charge in [0.1, 0.15) is 22.3 Å². The first-order valence-corrected chi connectivity index (χ1v) is 15.9. The van der Waals surface area contributed by atoms with Crippen molar-refractivity contribution in [2.75, 3.05) is 4.90 Å². The molecule has 0 saturated carbocycles. The van der Waals surface area contributed by atoms with Crippen LogP contribution in [0.4, 0.5) is 17.1 Å². The maximum absolute atomic E-state index is 6.29. The van der Waals surface area contributed by atoms with Gasteiger partial charge in [0.05, 0.1) is 0 Å². The standard InChI is InChI=1S/C44H27NO2/c1-2-10-32(11-3-1)45(34-21-23-37-36-13-4-6-15-39(36)47-42(37)27-34)33-12-8-9-29(26-33)30-19-22-35-31(25-30)18-17-28-20-24-41-44(43(28)35)38-14-5-7-16-40(38)46-41/h1-27H. The number of furan rings is 2. The van der Waals surface area contributed by atoms with Crippen molar-refractivity contribution in [1.82, 2.24) is 0 Å². The molecule has 0 aliphatic rings. The zero-order valence-corrected chi connectivity index (χ0v) is 25.4. The van der Waals surface area contributed by atoms with Gasteiger partial charge in [-0.3, -0.25) is 0 Å². The Hall–Kier alpha value is -6.32. The van der Waals surface area contributed by atoms with Crippen LogP contribution in [0.2, 0.25) is 0 Å². The zero-order chi connectivity index (χ0) is 30.9. The minimum Gasteiger partial charge on any atom is -0.456 e. The SMILES string of the molecule is c1ccc(N(c2cccc(-c3ccc4c(ccc5ccc6oc7ccccc7c6c54)c3)c2)c2ccc3c(c2)oc2ccccc23)cc1. The van der Waals surface area contributed by atoms with E-state index in [4.69, 9.17) is 8.83 Å². The first-order chi connectivity index (χ1) is 23.3. The summed E-state index contributed by atoms with van der Waals surface area (Å²) in [7, 11) is 0. The van der Waals surface area contributed by atoms with E-state index in [0.29, 0.717) is 0 Å². The van der Waals surface area contributed by atoms with Gasteiger partial charge >= 0.3 is 0 Å². The summed E-state index contributed by atoms with van der Waals surface area (Å²) in [6.45, 7) is 0. The third kappa shape index (κ3) is 4.07. The molecule has 0 bridgehead atoms. The summed E-state index contributed by atoms with van der Waals surface area (Å²) < 4.78 is 12.5. The molecule has 0 N–H and O–H groups in total. The van der Waals surface area contributed by atoms with Crippen LogP contribution in [0.1, 0.15) is 0 Å². The lowest BCUT2D eigenvalue weighted by Gasteiger charge is -2.26. The number of para-hydroxylation sites is 3. The Bertz CT molecular complexity index is 2810. The molecular weight excluding hydrogens is 574 g/mol. The molecule has 47 heavy (non-hydrogen) atoms. The zero-order valence-electron chi connectivity index (χ0n) is 25.4. The van der Waals surface area contributed by atoms with Crippen LogP contribution in [0.15, 0.2) is 173 Å². The molecule has 0 spiro atoms. The second-order valence-corrected chi connectivity index (χ2v) is 12.1. The van der Waals surface area contributed by atoms with Gasteiger partial charge in [0, 0.05) is 50.1 Å². The van der Waals surface area contributed by atoms with E-state index in [9.17, 15) is 0 Å². The highest BCUT2D eigenvalue weighted by molar-refractivity contribution is 6.26. The first-order valence-electron chi connectivity index (χ1n) is 15.9. The van der Waals surface area contributed by atoms with E-state index < -0.39 is 0 Å². The number of anilines is 3. The number of nitrogens with zero attached hydrogens (tertiary/aromatic N) is 1. The summed E-state index contributed by atoms with van der Waals surface area (Å²) in [5.41, 5.74) is 9.15. The van der Waals surface area contributed by atoms with Crippen LogP contribution in [0, 0.1) is 0 Å². The van der Waals surface area contributed by atoms with Crippen LogP contribution in [-0.4, -0.2) is 0 Å². The number of benzene rings is 8. The minimum atomic E-state index is 0.877. The molecule has 2 heterocycles. The molecule has 0 amide bonds. The second kappa shape index (κ2) is 10.1. The van der Waals surface area contributed by atoms with E-state index in [1.807, 2.05) is 24.3 Å². The molecule has 3 heteroatoms. The number of rotatable bonds is 4. The van der Waals surface area contributed by atoms with Gasteiger partial charge in [0.15, 0.2) is 0 Å². The average molecular weight is 602 g/mol. The molecule has 0 atom stereocenters. The third-order valence-electron chi connectivity index (χ3n) is 9.41. The fourth-order valence-corrected chi connectivity index (χ4v) is 7.25. The summed E-state index contributed by atoms with van der Waals surface area (Å²) in [5, 5.41) is 9.46. The lowest BCUT2D eigenvalue weighted by atomic mass is 9.94. The van der Waals surface area contributed by atoms with Gasteiger partial charge in [-0.15, -0.1) is 0 Å². The van der Waals surface area contributed by atoms with E-state index in [1.165, 1.54) is 32.5 Å². The summed E-state index contributed by atoms with van der Waals surface area (Å²) in [6.07, 6.45) is 0. The minimum absolute atomic E-state index is 0.877. The maximum Gasteiger partial charge on any atom is 0.137 e. The largest absolute Gasteiger partial charge is 0.456 e. The quantitative estimate of drug-likeness (QED) is 0.188. The predicted molar refractivity (Wildman–Crippen MR) is 196 cm³/mol. The van der Waals surface area contributed by atoms with Gasteiger partial charge in [-0.1, -0.05) is 97.1 Å². The highest BCUT2D eigenvalue weighted by Gasteiger charge is 2.17. The summed E-state index contributed by atoms with van der Waals surface area (Å²) in [6, 6.07) is 57.9. The maximum atomic E-state index is 6.29. The van der Waals surface area contributed by atoms with E-state index in [0.717, 1.165) is 61.1 Å². The Labute approximate surface area is 270 Å². The van der Waals surface area contributed by atoms with Crippen molar-refractivity contribution < 1.29 is 8.83 Å². The molecule has 10 aromatic rings. The van der Waals surface area contributed by atoms with Crippen LogP contribution in [0.25, 0.3) is 76.5 Å². The van der Waals surface area contributed by atoms with Crippen molar-refractivity contribution in [3.05, 3.63) is 164 Å². The Morgan fingerprint density at radius 3 is 1.85 bits per heavy atom. The predicted octanol–water partition coefficient (Wildman–Crippen LogP) is 12.9. The van der Waals surface area contributed by atoms with Crippen LogP contribution in [0.5, 0.6) is 0 Å². The Morgan fingerprint density at radius 2 is 0.957 bits per heavy atom. The molecule has 3 nitrogen and oxygen atoms in total. The number of hydrogen-bond donors (Lipinski definition) is 0. The highest BCUT2D eigenvalue weighted by Crippen LogP contribution is 2.41. The van der Waals surface area contributed by atoms with Gasteiger partial charge < -0.3 is 13.7 Å². The van der Waals surface area contributed by atoms with Gasteiger partial charge in [0.2, 0.25) is 0 Å². The van der Waals surface area contributed by atoms with Crippen molar-refractivity contribution in [2.45, 2.75) is 0 Å². The molecule has 0 radical (unpaired) electrons. The van der Waals surface area contributed by atoms with Crippen LogP contribution in [0.3, 0.4) is 0 Å². The number of hydrogen-bond acceptors (Lipinski definition) is 3. The monoisotopic (exact) mass is 601 g/mol. The van der Waals surface area contributed by atoms with Gasteiger partial charge in [0.25, 0.3) is 0 Å². The third-order valence-corrected chi connectivity index (χ3v) is 9.41. The second-order valence-electron chi connectivity index (χ2n) is 12.1. The Kier molecular flexibility index (Phi) is 5.57. The van der Waals surface area contributed by atoms with E-state index >= 15 is 0 Å². The molecule has 0 saturated heterocycles. The normalized spacial score (nSPS) is 11.8. The molecule has 0 unspecified atom stereocenters. The molecule has 0 aliphatic heterocycles. The van der Waals surface area contributed by atoms with Gasteiger partial charge in [-0.25, -0.2) is 0 Å². The summed E-state index contributed by atoms with van der Waals surface area (Å²) in [4.78, 5) is 2.30. The van der Waals surface area contributed by atoms with Crippen LogP contribution < -0.4 is 4.90 Å². The molecule has 2 aromatic heterocycles. The first kappa shape index (κ1) is 26.0. The molecule has 220 valence electrons. The Morgan fingerprint density at radius 1 is 0.319 bits per heavy atom. The highest BCUT2D eigenvalue weighted by atomic mass is 16.3. The fourth-order valence-electron chi connectivity index (χ4n) is 7.25. The number of fused-ring (bicyclic) bond motifs is 10. The van der Waals surface area contributed by atoms with Gasteiger partial charge in [-0.2, -0.15) is 0 Å². The Balaban J connectivity index is 1.12. The lowest BCUT2D eigenvalue weighted by Crippen LogP contribution is -2.09. The smallest absolute Gasteiger partial charge is 0.137 e. The van der Waals surface area contributed by atoms with Crippen LogP contribution >= 0.6 is 0 Å². The fraction of sp³-hybridized carbons (Fsp3) is 0. The summed E-state index contributed by atoms with van der Waals surface area (Å²) >= 11 is 0. The van der Waals surface area contributed by atoms with Crippen LogP contribution in [-0.2, 0) is 0 Å². The molecule has 10 rings (SSSR count). The molecule has 0 fully saturated rings. The lowest BCUT2D eigenvalue weighted by molar-refractivity contribution is 0.668. The van der Waals surface area contributed by atoms with E-state index in [1.54, 1.807) is 0 Å². The van der Waals surface area contributed by atoms with Gasteiger partial charge in [-0.05, 0) is 87.9 Å². The van der Waals surface area contributed by atoms with Crippen molar-refractivity contribution in [3.8, 4) is 11.1 Å². The molecular formula is C44H27NO2. The molecule has 0 aliphatic carbocycles. The van der Waals surface area contributed by atoms with E-state index in [2.05, 4.69) is 144 Å².